The van der Waals surface area contributed by atoms with Crippen LogP contribution in [0.1, 0.15) is 51.1 Å². The van der Waals surface area contributed by atoms with Crippen molar-refractivity contribution in [1.29, 1.82) is 0 Å². The van der Waals surface area contributed by atoms with Gasteiger partial charge in [0.15, 0.2) is 0 Å². The van der Waals surface area contributed by atoms with Crippen molar-refractivity contribution in [3.8, 4) is 5.75 Å². The van der Waals surface area contributed by atoms with E-state index in [2.05, 4.69) is 24.1 Å². The number of hydrogen-bond donors (Lipinski definition) is 1. The third-order valence-corrected chi connectivity index (χ3v) is 6.50. The van der Waals surface area contributed by atoms with Gasteiger partial charge < -0.3 is 19.9 Å². The molecule has 2 atom stereocenters. The molecule has 0 aromatic heterocycles. The van der Waals surface area contributed by atoms with E-state index < -0.39 is 12.0 Å². The number of anilines is 1. The first kappa shape index (κ1) is 25.7. The van der Waals surface area contributed by atoms with Gasteiger partial charge in [0.05, 0.1) is 19.1 Å². The number of piperidine rings is 1. The molecule has 0 radical (unpaired) electrons. The van der Waals surface area contributed by atoms with Gasteiger partial charge in [-0.15, -0.1) is 0 Å². The number of halogens is 1. The van der Waals surface area contributed by atoms with Gasteiger partial charge in [0.2, 0.25) is 11.8 Å². The number of nitrogens with one attached hydrogen (secondary N) is 1. The molecule has 2 aromatic carbocycles. The van der Waals surface area contributed by atoms with Crippen molar-refractivity contribution in [1.82, 2.24) is 10.2 Å². The number of ether oxygens (including phenoxy) is 1. The molecular weight excluding hydrogens is 433 g/mol. The lowest BCUT2D eigenvalue weighted by molar-refractivity contribution is -0.129. The monoisotopic (exact) mass is 469 g/mol. The van der Waals surface area contributed by atoms with E-state index in [1.54, 1.807) is 36.3 Å². The van der Waals surface area contributed by atoms with Crippen molar-refractivity contribution in [2.24, 2.45) is 5.92 Å². The van der Waals surface area contributed by atoms with E-state index in [4.69, 9.17) is 4.74 Å². The number of unbranched alkanes of at least 4 members (excludes halogenated alkanes) is 1. The first-order chi connectivity index (χ1) is 16.5. The van der Waals surface area contributed by atoms with E-state index in [1.165, 1.54) is 12.1 Å². The minimum Gasteiger partial charge on any atom is -0.497 e. The predicted molar refractivity (Wildman–Crippen MR) is 132 cm³/mol. The smallest absolute Gasteiger partial charge is 0.227 e. The maximum Gasteiger partial charge on any atom is 0.227 e. The minimum atomic E-state index is -0.516. The average Bonchev–Trinajstić information content (AvgIpc) is 2.86. The maximum atomic E-state index is 13.7. The molecule has 1 aliphatic rings. The van der Waals surface area contributed by atoms with E-state index in [1.807, 2.05) is 12.1 Å². The molecule has 1 N–H and O–H groups in total. The van der Waals surface area contributed by atoms with Gasteiger partial charge in [-0.3, -0.25) is 9.59 Å². The van der Waals surface area contributed by atoms with E-state index in [0.717, 1.165) is 38.0 Å². The minimum absolute atomic E-state index is 0.0553. The average molecular weight is 470 g/mol. The van der Waals surface area contributed by atoms with Crippen LogP contribution >= 0.6 is 0 Å². The SMILES string of the molecule is CCCCN(CC)CCNC(=O)[C@@H]1CCC(=O)N(c2ccc(OC)cc2)[C@@H]1c1ccc(F)cc1. The Morgan fingerprint density at radius 3 is 2.44 bits per heavy atom. The van der Waals surface area contributed by atoms with Crippen LogP contribution in [0.2, 0.25) is 0 Å². The molecule has 1 aliphatic heterocycles. The lowest BCUT2D eigenvalue weighted by atomic mass is 9.83. The van der Waals surface area contributed by atoms with E-state index >= 15 is 0 Å². The normalized spacial score (nSPS) is 18.3. The van der Waals surface area contributed by atoms with Crippen molar-refractivity contribution in [2.45, 2.75) is 45.6 Å². The molecule has 0 aliphatic carbocycles. The van der Waals surface area contributed by atoms with E-state index in [9.17, 15) is 14.0 Å². The zero-order valence-corrected chi connectivity index (χ0v) is 20.4. The van der Waals surface area contributed by atoms with Crippen molar-refractivity contribution in [3.63, 3.8) is 0 Å². The summed E-state index contributed by atoms with van der Waals surface area (Å²) in [6.45, 7) is 7.60. The highest BCUT2D eigenvalue weighted by atomic mass is 19.1. The van der Waals surface area contributed by atoms with E-state index in [0.29, 0.717) is 24.4 Å². The zero-order valence-electron chi connectivity index (χ0n) is 20.4. The van der Waals surface area contributed by atoms with Crippen molar-refractivity contribution < 1.29 is 18.7 Å². The number of carbonyl (C=O) groups is 2. The summed E-state index contributed by atoms with van der Waals surface area (Å²) < 4.78 is 18.9. The summed E-state index contributed by atoms with van der Waals surface area (Å²) in [5.41, 5.74) is 1.43. The summed E-state index contributed by atoms with van der Waals surface area (Å²) >= 11 is 0. The maximum absolute atomic E-state index is 13.7. The van der Waals surface area contributed by atoms with E-state index in [-0.39, 0.29) is 24.1 Å². The Labute approximate surface area is 202 Å². The quantitative estimate of drug-likeness (QED) is 0.524. The van der Waals surface area contributed by atoms with Crippen LogP contribution in [0.5, 0.6) is 5.75 Å². The van der Waals surface area contributed by atoms with Gasteiger partial charge in [-0.25, -0.2) is 4.39 Å². The molecule has 7 heteroatoms. The second-order valence-electron chi connectivity index (χ2n) is 8.68. The molecule has 1 fully saturated rings. The fourth-order valence-electron chi connectivity index (χ4n) is 4.53. The summed E-state index contributed by atoms with van der Waals surface area (Å²) in [7, 11) is 1.59. The molecule has 0 saturated carbocycles. The summed E-state index contributed by atoms with van der Waals surface area (Å²) in [6, 6.07) is 12.8. The lowest BCUT2D eigenvalue weighted by Crippen LogP contribution is -2.49. The summed E-state index contributed by atoms with van der Waals surface area (Å²) in [4.78, 5) is 30.5. The van der Waals surface area contributed by atoms with Crippen LogP contribution < -0.4 is 15.0 Å². The predicted octanol–water partition coefficient (Wildman–Crippen LogP) is 4.56. The number of likely N-dealkylation sites (N-methyl/N-ethyl adjacent to an activating group) is 1. The number of nitrogens with zero attached hydrogens (tertiary/aromatic N) is 2. The Bertz CT molecular complexity index is 933. The van der Waals surface area contributed by atoms with Gasteiger partial charge in [0, 0.05) is 25.2 Å². The molecule has 184 valence electrons. The Kier molecular flexibility index (Phi) is 9.45. The van der Waals surface area contributed by atoms with Crippen molar-refractivity contribution in [3.05, 3.63) is 59.9 Å². The lowest BCUT2D eigenvalue weighted by Gasteiger charge is -2.41. The Morgan fingerprint density at radius 2 is 1.82 bits per heavy atom. The molecular formula is C27H36FN3O3. The summed E-state index contributed by atoms with van der Waals surface area (Å²) in [5, 5.41) is 3.10. The van der Waals surface area contributed by atoms with Crippen molar-refractivity contribution in [2.75, 3.05) is 38.2 Å². The van der Waals surface area contributed by atoms with Crippen LogP contribution in [-0.2, 0) is 9.59 Å². The molecule has 1 heterocycles. The number of rotatable bonds is 11. The third-order valence-electron chi connectivity index (χ3n) is 6.50. The number of benzene rings is 2. The molecule has 6 nitrogen and oxygen atoms in total. The highest BCUT2D eigenvalue weighted by Crippen LogP contribution is 2.40. The topological polar surface area (TPSA) is 61.9 Å². The van der Waals surface area contributed by atoms with Gasteiger partial charge >= 0.3 is 0 Å². The number of methoxy groups -OCH3 is 1. The molecule has 1 saturated heterocycles. The van der Waals surface area contributed by atoms with Gasteiger partial charge in [-0.05, 0) is 67.9 Å². The van der Waals surface area contributed by atoms with Crippen LogP contribution in [0.15, 0.2) is 48.5 Å². The van der Waals surface area contributed by atoms with Gasteiger partial charge in [-0.1, -0.05) is 32.4 Å². The van der Waals surface area contributed by atoms with Crippen LogP contribution in [0.4, 0.5) is 10.1 Å². The molecule has 0 bridgehead atoms. The van der Waals surface area contributed by atoms with Crippen LogP contribution in [0, 0.1) is 11.7 Å². The standard InChI is InChI=1S/C27H36FN3O3/c1-4-6-18-30(5-2)19-17-29-27(33)24-15-16-25(32)31(22-11-13-23(34-3)14-12-22)26(24)20-7-9-21(28)10-8-20/h7-14,24,26H,4-6,15-19H2,1-3H3,(H,29,33)/t24-,26-/m1/s1. The van der Waals surface area contributed by atoms with Crippen LogP contribution in [-0.4, -0.2) is 50.0 Å². The Balaban J connectivity index is 1.83. The molecule has 0 unspecified atom stereocenters. The third kappa shape index (κ3) is 6.35. The molecule has 2 aromatic rings. The highest BCUT2D eigenvalue weighted by Gasteiger charge is 2.41. The van der Waals surface area contributed by atoms with Crippen molar-refractivity contribution >= 4 is 17.5 Å². The largest absolute Gasteiger partial charge is 0.497 e. The highest BCUT2D eigenvalue weighted by molar-refractivity contribution is 5.97. The number of carbonyl (C=O) groups excluding carboxylic acids is 2. The van der Waals surface area contributed by atoms with Gasteiger partial charge in [0.1, 0.15) is 11.6 Å². The molecule has 0 spiro atoms. The fraction of sp³-hybridized carbons (Fsp3) is 0.481. The number of amides is 2. The first-order valence-electron chi connectivity index (χ1n) is 12.2. The van der Waals surface area contributed by atoms with Gasteiger partial charge in [0.25, 0.3) is 0 Å². The van der Waals surface area contributed by atoms with Crippen LogP contribution in [0.3, 0.4) is 0 Å². The summed E-state index contributed by atoms with van der Waals surface area (Å²) in [6.07, 6.45) is 3.00. The van der Waals surface area contributed by atoms with Gasteiger partial charge in [-0.2, -0.15) is 0 Å². The second-order valence-corrected chi connectivity index (χ2v) is 8.68. The Morgan fingerprint density at radius 1 is 1.12 bits per heavy atom. The first-order valence-corrected chi connectivity index (χ1v) is 12.2. The van der Waals surface area contributed by atoms with Crippen LogP contribution in [0.25, 0.3) is 0 Å². The molecule has 3 rings (SSSR count). The summed E-state index contributed by atoms with van der Waals surface area (Å²) in [5.74, 6) is -0.234. The zero-order chi connectivity index (χ0) is 24.5. The Hall–Kier alpha value is -2.93. The second kappa shape index (κ2) is 12.5. The molecule has 34 heavy (non-hydrogen) atoms. The fourth-order valence-corrected chi connectivity index (χ4v) is 4.53. The molecule has 2 amide bonds. The number of hydrogen-bond acceptors (Lipinski definition) is 4.